The van der Waals surface area contributed by atoms with Gasteiger partial charge in [0.2, 0.25) is 0 Å². The molecule has 0 saturated heterocycles. The van der Waals surface area contributed by atoms with E-state index in [0.717, 1.165) is 11.1 Å². The lowest BCUT2D eigenvalue weighted by Gasteiger charge is -2.03. The summed E-state index contributed by atoms with van der Waals surface area (Å²) in [5.74, 6) is 0. The lowest BCUT2D eigenvalue weighted by molar-refractivity contribution is 1.17. The van der Waals surface area contributed by atoms with E-state index in [9.17, 15) is 0 Å². The van der Waals surface area contributed by atoms with Crippen molar-refractivity contribution in [2.45, 2.75) is 0 Å². The van der Waals surface area contributed by atoms with Crippen LogP contribution in [0.25, 0.3) is 11.1 Å². The molecule has 0 saturated carbocycles. The van der Waals surface area contributed by atoms with E-state index in [1.54, 1.807) is 18.5 Å². The molecule has 2 rings (SSSR count). The van der Waals surface area contributed by atoms with Crippen LogP contribution in [0.3, 0.4) is 0 Å². The van der Waals surface area contributed by atoms with Crippen LogP contribution < -0.4 is 11.5 Å². The van der Waals surface area contributed by atoms with E-state index in [2.05, 4.69) is 9.97 Å². The summed E-state index contributed by atoms with van der Waals surface area (Å²) in [5, 5.41) is 0. The van der Waals surface area contributed by atoms with Crippen LogP contribution in [0.5, 0.6) is 0 Å². The summed E-state index contributed by atoms with van der Waals surface area (Å²) in [6, 6.07) is 5.48. The molecule has 0 radical (unpaired) electrons. The van der Waals surface area contributed by atoms with Crippen molar-refractivity contribution in [2.75, 3.05) is 11.5 Å². The summed E-state index contributed by atoms with van der Waals surface area (Å²) in [6.07, 6.45) is 4.96. The summed E-state index contributed by atoms with van der Waals surface area (Å²) in [7, 11) is 0. The lowest BCUT2D eigenvalue weighted by Crippen LogP contribution is -1.94. The average molecular weight is 186 g/mol. The molecule has 4 nitrogen and oxygen atoms in total. The van der Waals surface area contributed by atoms with Crippen LogP contribution in [0.2, 0.25) is 0 Å². The molecule has 0 aliphatic carbocycles. The number of benzene rings is 1. The minimum atomic E-state index is 0.575. The number of hydrogen-bond donors (Lipinski definition) is 2. The molecule has 4 heteroatoms. The Hall–Kier alpha value is -2.10. The number of nitrogen functional groups attached to an aromatic ring is 2. The Balaban J connectivity index is 2.48. The molecule has 1 heterocycles. The van der Waals surface area contributed by atoms with Crippen LogP contribution in [0.4, 0.5) is 11.4 Å². The second-order valence-corrected chi connectivity index (χ2v) is 2.97. The van der Waals surface area contributed by atoms with Crippen LogP contribution in [-0.2, 0) is 0 Å². The number of hydrogen-bond acceptors (Lipinski definition) is 4. The maximum atomic E-state index is 5.69. The van der Waals surface area contributed by atoms with Gasteiger partial charge in [-0.2, -0.15) is 0 Å². The maximum Gasteiger partial charge on any atom is 0.115 e. The topological polar surface area (TPSA) is 77.8 Å². The molecular formula is C10H10N4. The van der Waals surface area contributed by atoms with Gasteiger partial charge in [-0.3, -0.25) is 0 Å². The van der Waals surface area contributed by atoms with E-state index >= 15 is 0 Å². The zero-order chi connectivity index (χ0) is 9.97. The minimum Gasteiger partial charge on any atom is -0.397 e. The molecule has 0 fully saturated rings. The number of rotatable bonds is 1. The van der Waals surface area contributed by atoms with Gasteiger partial charge >= 0.3 is 0 Å². The first-order valence-electron chi connectivity index (χ1n) is 4.18. The fourth-order valence-electron chi connectivity index (χ4n) is 1.20. The zero-order valence-corrected chi connectivity index (χ0v) is 7.51. The number of nitrogens with two attached hydrogens (primary N) is 2. The second kappa shape index (κ2) is 3.33. The van der Waals surface area contributed by atoms with E-state index in [0.29, 0.717) is 11.4 Å². The third-order valence-corrected chi connectivity index (χ3v) is 1.98. The maximum absolute atomic E-state index is 5.69. The smallest absolute Gasteiger partial charge is 0.115 e. The first-order chi connectivity index (χ1) is 6.77. The third kappa shape index (κ3) is 1.50. The van der Waals surface area contributed by atoms with Crippen molar-refractivity contribution in [3.05, 3.63) is 36.9 Å². The fraction of sp³-hybridized carbons (Fsp3) is 0. The van der Waals surface area contributed by atoms with Gasteiger partial charge < -0.3 is 11.5 Å². The first kappa shape index (κ1) is 8.50. The largest absolute Gasteiger partial charge is 0.397 e. The number of anilines is 2. The highest BCUT2D eigenvalue weighted by Gasteiger charge is 2.00. The average Bonchev–Trinajstić information content (AvgIpc) is 2.23. The van der Waals surface area contributed by atoms with Crippen LogP contribution >= 0.6 is 0 Å². The normalized spacial score (nSPS) is 10.0. The Morgan fingerprint density at radius 3 is 2.21 bits per heavy atom. The molecule has 0 aliphatic rings. The molecule has 1 aromatic heterocycles. The molecule has 70 valence electrons. The van der Waals surface area contributed by atoms with Crippen LogP contribution in [0, 0.1) is 0 Å². The van der Waals surface area contributed by atoms with Crippen molar-refractivity contribution in [1.82, 2.24) is 9.97 Å². The Bertz CT molecular complexity index is 439. The number of aromatic nitrogens is 2. The zero-order valence-electron chi connectivity index (χ0n) is 7.51. The standard InChI is InChI=1S/C10H10N4/c11-9-2-1-7(3-10(9)12)8-4-13-6-14-5-8/h1-6H,11-12H2. The van der Waals surface area contributed by atoms with Crippen LogP contribution in [0.1, 0.15) is 0 Å². The summed E-state index contributed by atoms with van der Waals surface area (Å²) in [6.45, 7) is 0. The van der Waals surface area contributed by atoms with Crippen molar-refractivity contribution >= 4 is 11.4 Å². The molecule has 14 heavy (non-hydrogen) atoms. The Morgan fingerprint density at radius 2 is 1.57 bits per heavy atom. The summed E-state index contributed by atoms with van der Waals surface area (Å²) in [5.41, 5.74) is 14.4. The Labute approximate surface area is 81.6 Å². The highest BCUT2D eigenvalue weighted by atomic mass is 14.8. The molecule has 1 aromatic carbocycles. The molecule has 0 bridgehead atoms. The van der Waals surface area contributed by atoms with Crippen molar-refractivity contribution in [2.24, 2.45) is 0 Å². The van der Waals surface area contributed by atoms with E-state index in [4.69, 9.17) is 11.5 Å². The fourth-order valence-corrected chi connectivity index (χ4v) is 1.20. The van der Waals surface area contributed by atoms with E-state index in [1.165, 1.54) is 6.33 Å². The molecule has 0 amide bonds. The molecule has 0 spiro atoms. The molecule has 0 aliphatic heterocycles. The van der Waals surface area contributed by atoms with Gasteiger partial charge in [-0.1, -0.05) is 6.07 Å². The van der Waals surface area contributed by atoms with Crippen molar-refractivity contribution in [1.29, 1.82) is 0 Å². The third-order valence-electron chi connectivity index (χ3n) is 1.98. The predicted octanol–water partition coefficient (Wildman–Crippen LogP) is 1.31. The van der Waals surface area contributed by atoms with E-state index in [1.807, 2.05) is 12.1 Å². The quantitative estimate of drug-likeness (QED) is 0.658. The van der Waals surface area contributed by atoms with E-state index in [-0.39, 0.29) is 0 Å². The molecular weight excluding hydrogens is 176 g/mol. The van der Waals surface area contributed by atoms with Crippen molar-refractivity contribution < 1.29 is 0 Å². The Kier molecular flexibility index (Phi) is 2.02. The van der Waals surface area contributed by atoms with Crippen LogP contribution in [0.15, 0.2) is 36.9 Å². The molecule has 0 unspecified atom stereocenters. The minimum absolute atomic E-state index is 0.575. The van der Waals surface area contributed by atoms with Gasteiger partial charge in [0.15, 0.2) is 0 Å². The molecule has 2 aromatic rings. The second-order valence-electron chi connectivity index (χ2n) is 2.97. The van der Waals surface area contributed by atoms with E-state index < -0.39 is 0 Å². The monoisotopic (exact) mass is 186 g/mol. The SMILES string of the molecule is Nc1ccc(-c2cncnc2)cc1N. The summed E-state index contributed by atoms with van der Waals surface area (Å²) < 4.78 is 0. The van der Waals surface area contributed by atoms with Crippen molar-refractivity contribution in [3.8, 4) is 11.1 Å². The van der Waals surface area contributed by atoms with Gasteiger partial charge in [0.1, 0.15) is 6.33 Å². The van der Waals surface area contributed by atoms with Gasteiger partial charge in [0.25, 0.3) is 0 Å². The first-order valence-corrected chi connectivity index (χ1v) is 4.18. The predicted molar refractivity (Wildman–Crippen MR) is 56.3 cm³/mol. The highest BCUT2D eigenvalue weighted by Crippen LogP contribution is 2.23. The Morgan fingerprint density at radius 1 is 0.857 bits per heavy atom. The summed E-state index contributed by atoms with van der Waals surface area (Å²) >= 11 is 0. The lowest BCUT2D eigenvalue weighted by atomic mass is 10.1. The summed E-state index contributed by atoms with van der Waals surface area (Å²) in [4.78, 5) is 7.86. The van der Waals surface area contributed by atoms with Gasteiger partial charge in [-0.15, -0.1) is 0 Å². The highest BCUT2D eigenvalue weighted by molar-refractivity contribution is 5.73. The van der Waals surface area contributed by atoms with Gasteiger partial charge in [0, 0.05) is 18.0 Å². The van der Waals surface area contributed by atoms with Gasteiger partial charge in [0.05, 0.1) is 11.4 Å². The van der Waals surface area contributed by atoms with Gasteiger partial charge in [-0.05, 0) is 17.7 Å². The van der Waals surface area contributed by atoms with Crippen LogP contribution in [-0.4, -0.2) is 9.97 Å². The van der Waals surface area contributed by atoms with Gasteiger partial charge in [-0.25, -0.2) is 9.97 Å². The number of nitrogens with zero attached hydrogens (tertiary/aromatic N) is 2. The van der Waals surface area contributed by atoms with Crippen molar-refractivity contribution in [3.63, 3.8) is 0 Å². The molecule has 0 atom stereocenters. The molecule has 4 N–H and O–H groups in total.